The van der Waals surface area contributed by atoms with Crippen molar-refractivity contribution in [3.8, 4) is 11.6 Å². The molecule has 0 aliphatic rings. The van der Waals surface area contributed by atoms with Crippen molar-refractivity contribution in [2.24, 2.45) is 5.92 Å². The molecule has 28 heavy (non-hydrogen) atoms. The SMILES string of the molecule is Cc1cccc2nc(CSc3nnc(-c4ccco4)n3CC(C)C)cc(=O)n12. The highest BCUT2D eigenvalue weighted by Gasteiger charge is 2.17. The van der Waals surface area contributed by atoms with E-state index in [-0.39, 0.29) is 5.56 Å². The van der Waals surface area contributed by atoms with Gasteiger partial charge in [0.1, 0.15) is 5.65 Å². The van der Waals surface area contributed by atoms with Crippen molar-refractivity contribution in [1.82, 2.24) is 24.1 Å². The molecule has 8 heteroatoms. The summed E-state index contributed by atoms with van der Waals surface area (Å²) in [6, 6.07) is 11.0. The normalized spacial score (nSPS) is 11.6. The Labute approximate surface area is 166 Å². The minimum atomic E-state index is -0.0707. The molecule has 0 aromatic carbocycles. The second kappa shape index (κ2) is 7.63. The summed E-state index contributed by atoms with van der Waals surface area (Å²) in [5, 5.41) is 9.44. The molecule has 0 spiro atoms. The van der Waals surface area contributed by atoms with Gasteiger partial charge < -0.3 is 4.42 Å². The predicted molar refractivity (Wildman–Crippen MR) is 108 cm³/mol. The summed E-state index contributed by atoms with van der Waals surface area (Å²) in [5.74, 6) is 2.37. The first-order valence-corrected chi connectivity index (χ1v) is 10.1. The molecule has 0 fully saturated rings. The molecule has 0 atom stereocenters. The molecule has 0 aliphatic heterocycles. The van der Waals surface area contributed by atoms with E-state index in [4.69, 9.17) is 4.42 Å². The van der Waals surface area contributed by atoms with E-state index in [0.717, 1.165) is 23.1 Å². The van der Waals surface area contributed by atoms with Gasteiger partial charge in [0.2, 0.25) is 0 Å². The van der Waals surface area contributed by atoms with Crippen molar-refractivity contribution >= 4 is 17.4 Å². The zero-order valence-corrected chi connectivity index (χ0v) is 16.8. The van der Waals surface area contributed by atoms with Crippen LogP contribution in [0.5, 0.6) is 0 Å². The molecule has 0 amide bonds. The highest BCUT2D eigenvalue weighted by Crippen LogP contribution is 2.27. The van der Waals surface area contributed by atoms with Gasteiger partial charge >= 0.3 is 0 Å². The molecule has 7 nitrogen and oxygen atoms in total. The van der Waals surface area contributed by atoms with Crippen molar-refractivity contribution < 1.29 is 4.42 Å². The summed E-state index contributed by atoms with van der Waals surface area (Å²) in [4.78, 5) is 17.1. The smallest absolute Gasteiger partial charge is 0.258 e. The first-order chi connectivity index (χ1) is 13.5. The highest BCUT2D eigenvalue weighted by atomic mass is 32.2. The fourth-order valence-corrected chi connectivity index (χ4v) is 3.93. The lowest BCUT2D eigenvalue weighted by atomic mass is 10.2. The molecule has 4 aromatic heterocycles. The maximum atomic E-state index is 12.5. The van der Waals surface area contributed by atoms with Crippen LogP contribution in [-0.4, -0.2) is 24.1 Å². The van der Waals surface area contributed by atoms with Crippen LogP contribution < -0.4 is 5.56 Å². The van der Waals surface area contributed by atoms with Crippen LogP contribution in [-0.2, 0) is 12.3 Å². The van der Waals surface area contributed by atoms with E-state index in [2.05, 4.69) is 33.6 Å². The maximum absolute atomic E-state index is 12.5. The Morgan fingerprint density at radius 1 is 1.18 bits per heavy atom. The lowest BCUT2D eigenvalue weighted by molar-refractivity contribution is 0.489. The van der Waals surface area contributed by atoms with Gasteiger partial charge in [0.25, 0.3) is 5.56 Å². The van der Waals surface area contributed by atoms with Crippen LogP contribution in [0.2, 0.25) is 0 Å². The molecule has 0 radical (unpaired) electrons. The average Bonchev–Trinajstić information content (AvgIpc) is 3.29. The molecule has 0 N–H and O–H groups in total. The summed E-state index contributed by atoms with van der Waals surface area (Å²) < 4.78 is 9.18. The lowest BCUT2D eigenvalue weighted by Crippen LogP contribution is -2.17. The van der Waals surface area contributed by atoms with Gasteiger partial charge in [0.05, 0.1) is 12.0 Å². The number of nitrogens with zero attached hydrogens (tertiary/aromatic N) is 5. The first kappa shape index (κ1) is 18.5. The van der Waals surface area contributed by atoms with E-state index in [1.54, 1.807) is 16.7 Å². The summed E-state index contributed by atoms with van der Waals surface area (Å²) in [5.41, 5.74) is 2.18. The molecule has 4 aromatic rings. The molecule has 0 unspecified atom stereocenters. The molecule has 0 saturated carbocycles. The topological polar surface area (TPSA) is 78.2 Å². The number of thioether (sulfide) groups is 1. The van der Waals surface area contributed by atoms with Gasteiger partial charge in [0.15, 0.2) is 16.7 Å². The molecular weight excluding hydrogens is 374 g/mol. The lowest BCUT2D eigenvalue weighted by Gasteiger charge is -2.11. The molecule has 0 aliphatic carbocycles. The Hall–Kier alpha value is -2.87. The van der Waals surface area contributed by atoms with Crippen LogP contribution in [0.25, 0.3) is 17.2 Å². The number of aryl methyl sites for hydroxylation is 1. The van der Waals surface area contributed by atoms with E-state index in [0.29, 0.717) is 28.9 Å². The molecule has 4 heterocycles. The van der Waals surface area contributed by atoms with Crippen molar-refractivity contribution in [3.63, 3.8) is 0 Å². The van der Waals surface area contributed by atoms with Gasteiger partial charge in [-0.2, -0.15) is 0 Å². The zero-order chi connectivity index (χ0) is 19.7. The number of rotatable bonds is 6. The largest absolute Gasteiger partial charge is 0.461 e. The monoisotopic (exact) mass is 395 g/mol. The van der Waals surface area contributed by atoms with Crippen molar-refractivity contribution in [2.75, 3.05) is 0 Å². The van der Waals surface area contributed by atoms with Crippen LogP contribution >= 0.6 is 11.8 Å². The Bertz CT molecular complexity index is 1160. The van der Waals surface area contributed by atoms with Crippen LogP contribution in [0, 0.1) is 12.8 Å². The summed E-state index contributed by atoms with van der Waals surface area (Å²) in [7, 11) is 0. The number of hydrogen-bond donors (Lipinski definition) is 0. The van der Waals surface area contributed by atoms with E-state index < -0.39 is 0 Å². The van der Waals surface area contributed by atoms with Gasteiger partial charge in [-0.05, 0) is 37.1 Å². The van der Waals surface area contributed by atoms with Gasteiger partial charge in [-0.1, -0.05) is 31.7 Å². The third-order valence-electron chi connectivity index (χ3n) is 4.29. The van der Waals surface area contributed by atoms with Gasteiger partial charge in [-0.25, -0.2) is 4.98 Å². The summed E-state index contributed by atoms with van der Waals surface area (Å²) in [6.45, 7) is 6.97. The number of pyridine rings is 1. The minimum Gasteiger partial charge on any atom is -0.461 e. The standard InChI is InChI=1S/C20H21N5O2S/c1-13(2)11-24-19(16-7-5-9-27-16)22-23-20(24)28-12-15-10-18(26)25-14(3)6-4-8-17(25)21-15/h4-10,13H,11-12H2,1-3H3. The Kier molecular flexibility index (Phi) is 5.04. The van der Waals surface area contributed by atoms with Gasteiger partial charge in [-0.15, -0.1) is 10.2 Å². The maximum Gasteiger partial charge on any atom is 0.258 e. The summed E-state index contributed by atoms with van der Waals surface area (Å²) >= 11 is 1.52. The zero-order valence-electron chi connectivity index (χ0n) is 16.0. The van der Waals surface area contributed by atoms with Gasteiger partial charge in [-0.3, -0.25) is 13.8 Å². The third-order valence-corrected chi connectivity index (χ3v) is 5.29. The van der Waals surface area contributed by atoms with E-state index >= 15 is 0 Å². The Balaban J connectivity index is 1.63. The molecule has 0 bridgehead atoms. The molecule has 4 rings (SSSR count). The first-order valence-electron chi connectivity index (χ1n) is 9.11. The van der Waals surface area contributed by atoms with Gasteiger partial charge in [0, 0.05) is 24.1 Å². The minimum absolute atomic E-state index is 0.0707. The fourth-order valence-electron chi connectivity index (χ4n) is 3.09. The van der Waals surface area contributed by atoms with Crippen LogP contribution in [0.3, 0.4) is 0 Å². The molecule has 144 valence electrons. The van der Waals surface area contributed by atoms with Crippen LogP contribution in [0.1, 0.15) is 25.2 Å². The fraction of sp³-hybridized carbons (Fsp3) is 0.300. The number of furan rings is 1. The van der Waals surface area contributed by atoms with Crippen LogP contribution in [0.15, 0.2) is 57.0 Å². The van der Waals surface area contributed by atoms with Crippen molar-refractivity contribution in [3.05, 3.63) is 64.4 Å². The quantitative estimate of drug-likeness (QED) is 0.462. The number of hydrogen-bond acceptors (Lipinski definition) is 6. The third kappa shape index (κ3) is 3.60. The second-order valence-electron chi connectivity index (χ2n) is 7.02. The Morgan fingerprint density at radius 3 is 2.79 bits per heavy atom. The predicted octanol–water partition coefficient (Wildman–Crippen LogP) is 3.80. The summed E-state index contributed by atoms with van der Waals surface area (Å²) in [6.07, 6.45) is 1.63. The average molecular weight is 395 g/mol. The molecule has 0 saturated heterocycles. The molecular formula is C20H21N5O2S. The number of fused-ring (bicyclic) bond motifs is 1. The second-order valence-corrected chi connectivity index (χ2v) is 7.97. The van der Waals surface area contributed by atoms with E-state index in [9.17, 15) is 4.79 Å². The van der Waals surface area contributed by atoms with Crippen LogP contribution in [0.4, 0.5) is 0 Å². The Morgan fingerprint density at radius 2 is 2.04 bits per heavy atom. The number of aromatic nitrogens is 5. The highest BCUT2D eigenvalue weighted by molar-refractivity contribution is 7.98. The van der Waals surface area contributed by atoms with E-state index in [1.807, 2.05) is 37.3 Å². The van der Waals surface area contributed by atoms with E-state index in [1.165, 1.54) is 11.8 Å². The van der Waals surface area contributed by atoms with Crippen molar-refractivity contribution in [1.29, 1.82) is 0 Å². The van der Waals surface area contributed by atoms with Crippen molar-refractivity contribution in [2.45, 2.75) is 38.2 Å².